The predicted molar refractivity (Wildman–Crippen MR) is 48.1 cm³/mol. The van der Waals surface area contributed by atoms with Gasteiger partial charge in [-0.15, -0.1) is 0 Å². The second kappa shape index (κ2) is 3.31. The maximum Gasteiger partial charge on any atom is 0.107 e. The molecule has 1 aromatic rings. The Morgan fingerprint density at radius 2 is 2.25 bits per heavy atom. The molecule has 2 nitrogen and oxygen atoms in total. The zero-order chi connectivity index (χ0) is 8.39. The van der Waals surface area contributed by atoms with Crippen molar-refractivity contribution in [3.8, 4) is 0 Å². The average molecular weight is 165 g/mol. The van der Waals surface area contributed by atoms with Gasteiger partial charge in [0, 0.05) is 12.3 Å². The molecular weight excluding hydrogens is 150 g/mol. The van der Waals surface area contributed by atoms with Crippen molar-refractivity contribution in [3.63, 3.8) is 0 Å². The SMILES string of the molecule is NCCc1ccc(C2CCC2)o1. The van der Waals surface area contributed by atoms with Crippen LogP contribution in [0.25, 0.3) is 0 Å². The topological polar surface area (TPSA) is 39.2 Å². The molecule has 2 N–H and O–H groups in total. The summed E-state index contributed by atoms with van der Waals surface area (Å²) in [5.41, 5.74) is 5.43. The standard InChI is InChI=1S/C10H15NO/c11-7-6-9-4-5-10(12-9)8-2-1-3-8/h4-5,8H,1-3,6-7,11H2. The molecule has 0 aliphatic heterocycles. The number of furan rings is 1. The van der Waals surface area contributed by atoms with E-state index in [-0.39, 0.29) is 0 Å². The van der Waals surface area contributed by atoms with Crippen molar-refractivity contribution in [1.82, 2.24) is 0 Å². The fourth-order valence-electron chi connectivity index (χ4n) is 1.58. The minimum absolute atomic E-state index is 0.678. The van der Waals surface area contributed by atoms with Crippen molar-refractivity contribution in [2.45, 2.75) is 31.6 Å². The lowest BCUT2D eigenvalue weighted by molar-refractivity contribution is 0.336. The summed E-state index contributed by atoms with van der Waals surface area (Å²) in [4.78, 5) is 0. The van der Waals surface area contributed by atoms with Crippen molar-refractivity contribution in [2.75, 3.05) is 6.54 Å². The molecular formula is C10H15NO. The summed E-state index contributed by atoms with van der Waals surface area (Å²) in [6.07, 6.45) is 4.83. The quantitative estimate of drug-likeness (QED) is 0.744. The summed E-state index contributed by atoms with van der Waals surface area (Å²) in [5.74, 6) is 2.92. The van der Waals surface area contributed by atoms with Crippen molar-refractivity contribution >= 4 is 0 Å². The van der Waals surface area contributed by atoms with E-state index < -0.39 is 0 Å². The van der Waals surface area contributed by atoms with Gasteiger partial charge >= 0.3 is 0 Å². The van der Waals surface area contributed by atoms with Gasteiger partial charge in [0.1, 0.15) is 11.5 Å². The first kappa shape index (κ1) is 7.87. The summed E-state index contributed by atoms with van der Waals surface area (Å²) in [7, 11) is 0. The Bertz CT molecular complexity index is 250. The van der Waals surface area contributed by atoms with E-state index in [1.807, 2.05) is 0 Å². The Kier molecular flexibility index (Phi) is 2.17. The monoisotopic (exact) mass is 165 g/mol. The Labute approximate surface area is 72.7 Å². The second-order valence-corrected chi connectivity index (χ2v) is 3.47. The lowest BCUT2D eigenvalue weighted by Crippen LogP contribution is -2.07. The molecule has 0 spiro atoms. The number of hydrogen-bond donors (Lipinski definition) is 1. The summed E-state index contributed by atoms with van der Waals surface area (Å²) in [6.45, 7) is 0.678. The zero-order valence-corrected chi connectivity index (χ0v) is 7.25. The van der Waals surface area contributed by atoms with E-state index in [2.05, 4.69) is 12.1 Å². The zero-order valence-electron chi connectivity index (χ0n) is 7.25. The molecule has 12 heavy (non-hydrogen) atoms. The van der Waals surface area contributed by atoms with E-state index in [1.54, 1.807) is 0 Å². The minimum Gasteiger partial charge on any atom is -0.466 e. The van der Waals surface area contributed by atoms with Gasteiger partial charge in [0.2, 0.25) is 0 Å². The van der Waals surface area contributed by atoms with Gasteiger partial charge in [-0.1, -0.05) is 6.42 Å². The van der Waals surface area contributed by atoms with E-state index in [9.17, 15) is 0 Å². The molecule has 1 aliphatic carbocycles. The fourth-order valence-corrected chi connectivity index (χ4v) is 1.58. The van der Waals surface area contributed by atoms with E-state index in [4.69, 9.17) is 10.2 Å². The van der Waals surface area contributed by atoms with Gasteiger partial charge in [-0.2, -0.15) is 0 Å². The Morgan fingerprint density at radius 3 is 2.83 bits per heavy atom. The number of rotatable bonds is 3. The molecule has 1 aromatic heterocycles. The van der Waals surface area contributed by atoms with Crippen molar-refractivity contribution in [1.29, 1.82) is 0 Å². The largest absolute Gasteiger partial charge is 0.466 e. The van der Waals surface area contributed by atoms with Gasteiger partial charge in [0.05, 0.1) is 0 Å². The van der Waals surface area contributed by atoms with E-state index in [0.29, 0.717) is 12.5 Å². The molecule has 66 valence electrons. The van der Waals surface area contributed by atoms with Crippen LogP contribution in [0.1, 0.15) is 36.7 Å². The second-order valence-electron chi connectivity index (χ2n) is 3.47. The Morgan fingerprint density at radius 1 is 1.42 bits per heavy atom. The maximum absolute atomic E-state index is 5.65. The van der Waals surface area contributed by atoms with Crippen LogP contribution in [0.15, 0.2) is 16.5 Å². The first-order valence-electron chi connectivity index (χ1n) is 4.69. The van der Waals surface area contributed by atoms with Crippen LogP contribution in [-0.4, -0.2) is 6.54 Å². The van der Waals surface area contributed by atoms with Gasteiger partial charge in [0.25, 0.3) is 0 Å². The molecule has 2 heteroatoms. The molecule has 1 fully saturated rings. The van der Waals surface area contributed by atoms with Crippen molar-refractivity contribution in [2.24, 2.45) is 5.73 Å². The average Bonchev–Trinajstić information content (AvgIpc) is 2.34. The highest BCUT2D eigenvalue weighted by Gasteiger charge is 2.22. The molecule has 0 saturated heterocycles. The lowest BCUT2D eigenvalue weighted by atomic mass is 9.84. The third kappa shape index (κ3) is 1.39. The lowest BCUT2D eigenvalue weighted by Gasteiger charge is -2.22. The van der Waals surface area contributed by atoms with Gasteiger partial charge < -0.3 is 10.2 Å². The minimum atomic E-state index is 0.678. The molecule has 0 bridgehead atoms. The van der Waals surface area contributed by atoms with Crippen LogP contribution >= 0.6 is 0 Å². The summed E-state index contributed by atoms with van der Waals surface area (Å²) in [5, 5.41) is 0. The summed E-state index contributed by atoms with van der Waals surface area (Å²) >= 11 is 0. The van der Waals surface area contributed by atoms with Gasteiger partial charge in [0.15, 0.2) is 0 Å². The van der Waals surface area contributed by atoms with E-state index in [0.717, 1.165) is 12.2 Å². The molecule has 1 saturated carbocycles. The maximum atomic E-state index is 5.65. The fraction of sp³-hybridized carbons (Fsp3) is 0.600. The van der Waals surface area contributed by atoms with Crippen LogP contribution in [0.4, 0.5) is 0 Å². The third-order valence-electron chi connectivity index (χ3n) is 2.58. The van der Waals surface area contributed by atoms with Crippen molar-refractivity contribution in [3.05, 3.63) is 23.7 Å². The molecule has 1 heterocycles. The molecule has 2 rings (SSSR count). The highest BCUT2D eigenvalue weighted by Crippen LogP contribution is 2.36. The number of hydrogen-bond acceptors (Lipinski definition) is 2. The molecule has 0 radical (unpaired) electrons. The smallest absolute Gasteiger partial charge is 0.107 e. The Balaban J connectivity index is 2.02. The Hall–Kier alpha value is -0.760. The van der Waals surface area contributed by atoms with Crippen LogP contribution in [0.2, 0.25) is 0 Å². The number of nitrogens with two attached hydrogens (primary N) is 1. The highest BCUT2D eigenvalue weighted by atomic mass is 16.3. The predicted octanol–water partition coefficient (Wildman–Crippen LogP) is 2.05. The van der Waals surface area contributed by atoms with Crippen molar-refractivity contribution < 1.29 is 4.42 Å². The van der Waals surface area contributed by atoms with Gasteiger partial charge in [-0.25, -0.2) is 0 Å². The van der Waals surface area contributed by atoms with Crippen LogP contribution in [-0.2, 0) is 6.42 Å². The molecule has 0 unspecified atom stereocenters. The van der Waals surface area contributed by atoms with Crippen LogP contribution in [0, 0.1) is 0 Å². The van der Waals surface area contributed by atoms with Crippen LogP contribution < -0.4 is 5.73 Å². The first-order valence-corrected chi connectivity index (χ1v) is 4.69. The molecule has 0 atom stereocenters. The molecule has 1 aliphatic rings. The summed E-state index contributed by atoms with van der Waals surface area (Å²) < 4.78 is 5.65. The molecule has 0 aromatic carbocycles. The van der Waals surface area contributed by atoms with Gasteiger partial charge in [-0.05, 0) is 31.5 Å². The highest BCUT2D eigenvalue weighted by molar-refractivity contribution is 5.13. The van der Waals surface area contributed by atoms with Gasteiger partial charge in [-0.3, -0.25) is 0 Å². The first-order chi connectivity index (χ1) is 5.90. The van der Waals surface area contributed by atoms with E-state index >= 15 is 0 Å². The normalized spacial score (nSPS) is 17.8. The third-order valence-corrected chi connectivity index (χ3v) is 2.58. The van der Waals surface area contributed by atoms with Crippen LogP contribution in [0.3, 0.4) is 0 Å². The summed E-state index contributed by atoms with van der Waals surface area (Å²) in [6, 6.07) is 4.16. The van der Waals surface area contributed by atoms with Crippen LogP contribution in [0.5, 0.6) is 0 Å². The van der Waals surface area contributed by atoms with E-state index in [1.165, 1.54) is 25.0 Å². The molecule has 0 amide bonds.